The molecule has 31 heavy (non-hydrogen) atoms. The lowest BCUT2D eigenvalue weighted by molar-refractivity contribution is -0.132. The van der Waals surface area contributed by atoms with Crippen LogP contribution in [0, 0.1) is 6.92 Å². The summed E-state index contributed by atoms with van der Waals surface area (Å²) in [6.45, 7) is 3.92. The smallest absolute Gasteiger partial charge is 0.247 e. The molecule has 1 amide bonds. The fraction of sp³-hybridized carbons (Fsp3) is 0.375. The molecule has 0 radical (unpaired) electrons. The summed E-state index contributed by atoms with van der Waals surface area (Å²) in [6, 6.07) is 14.0. The molecule has 2 aromatic carbocycles. The number of nitrogens with zero attached hydrogens (tertiary/aromatic N) is 3. The Labute approximate surface area is 181 Å². The van der Waals surface area contributed by atoms with Crippen LogP contribution < -0.4 is 9.47 Å². The van der Waals surface area contributed by atoms with E-state index in [1.807, 2.05) is 54.3 Å². The SMILES string of the molecule is Cc1ccc(-c2nnc(CCC(=O)N3CCCC3c3ccc4c(c3)OCCO4)o2)cc1. The maximum absolute atomic E-state index is 13.0. The second-order valence-electron chi connectivity index (χ2n) is 8.02. The van der Waals surface area contributed by atoms with Gasteiger partial charge in [-0.2, -0.15) is 0 Å². The Kier molecular flexibility index (Phi) is 5.32. The van der Waals surface area contributed by atoms with Crippen LogP contribution >= 0.6 is 0 Å². The Morgan fingerprint density at radius 3 is 2.71 bits per heavy atom. The van der Waals surface area contributed by atoms with E-state index in [9.17, 15) is 4.79 Å². The van der Waals surface area contributed by atoms with Crippen molar-refractivity contribution in [1.82, 2.24) is 15.1 Å². The minimum Gasteiger partial charge on any atom is -0.486 e. The van der Waals surface area contributed by atoms with Crippen LogP contribution in [-0.4, -0.2) is 40.8 Å². The van der Waals surface area contributed by atoms with E-state index < -0.39 is 0 Å². The average molecular weight is 419 g/mol. The highest BCUT2D eigenvalue weighted by Gasteiger charge is 2.30. The van der Waals surface area contributed by atoms with E-state index in [4.69, 9.17) is 13.9 Å². The molecule has 7 nitrogen and oxygen atoms in total. The van der Waals surface area contributed by atoms with Crippen LogP contribution in [0.15, 0.2) is 46.9 Å². The molecule has 2 aliphatic heterocycles. The van der Waals surface area contributed by atoms with Gasteiger partial charge in [-0.3, -0.25) is 4.79 Å². The van der Waals surface area contributed by atoms with Gasteiger partial charge in [-0.15, -0.1) is 10.2 Å². The molecule has 1 aromatic heterocycles. The van der Waals surface area contributed by atoms with Gasteiger partial charge in [-0.05, 0) is 49.6 Å². The Morgan fingerprint density at radius 1 is 1.06 bits per heavy atom. The second kappa shape index (κ2) is 8.41. The monoisotopic (exact) mass is 419 g/mol. The van der Waals surface area contributed by atoms with Gasteiger partial charge in [0.1, 0.15) is 13.2 Å². The van der Waals surface area contributed by atoms with Crippen LogP contribution in [0.3, 0.4) is 0 Å². The normalized spacial score (nSPS) is 17.7. The molecule has 0 aliphatic carbocycles. The molecular weight excluding hydrogens is 394 g/mol. The summed E-state index contributed by atoms with van der Waals surface area (Å²) < 4.78 is 17.1. The van der Waals surface area contributed by atoms with E-state index in [0.717, 1.165) is 42.0 Å². The summed E-state index contributed by atoms with van der Waals surface area (Å²) in [5, 5.41) is 8.25. The fourth-order valence-corrected chi connectivity index (χ4v) is 4.20. The van der Waals surface area contributed by atoms with Crippen LogP contribution in [0.4, 0.5) is 0 Å². The zero-order chi connectivity index (χ0) is 21.2. The van der Waals surface area contributed by atoms with Gasteiger partial charge in [-0.1, -0.05) is 23.8 Å². The summed E-state index contributed by atoms with van der Waals surface area (Å²) >= 11 is 0. The molecule has 1 saturated heterocycles. The molecule has 3 heterocycles. The van der Waals surface area contributed by atoms with Gasteiger partial charge in [-0.25, -0.2) is 0 Å². The zero-order valence-electron chi connectivity index (χ0n) is 17.5. The number of hydrogen-bond acceptors (Lipinski definition) is 6. The van der Waals surface area contributed by atoms with Crippen molar-refractivity contribution < 1.29 is 18.7 Å². The quantitative estimate of drug-likeness (QED) is 0.619. The maximum atomic E-state index is 13.0. The number of amides is 1. The molecular formula is C24H25N3O4. The third-order valence-electron chi connectivity index (χ3n) is 5.84. The predicted octanol–water partition coefficient (Wildman–Crippen LogP) is 4.11. The molecule has 7 heteroatoms. The lowest BCUT2D eigenvalue weighted by Gasteiger charge is -2.26. The Balaban J connectivity index is 1.23. The van der Waals surface area contributed by atoms with Crippen molar-refractivity contribution in [2.24, 2.45) is 0 Å². The summed E-state index contributed by atoms with van der Waals surface area (Å²) in [5.41, 5.74) is 3.15. The van der Waals surface area contributed by atoms with Crippen LogP contribution in [0.25, 0.3) is 11.5 Å². The maximum Gasteiger partial charge on any atom is 0.247 e. The Morgan fingerprint density at radius 2 is 1.87 bits per heavy atom. The lowest BCUT2D eigenvalue weighted by Crippen LogP contribution is -2.30. The molecule has 1 unspecified atom stereocenters. The number of fused-ring (bicyclic) bond motifs is 1. The predicted molar refractivity (Wildman–Crippen MR) is 114 cm³/mol. The van der Waals surface area contributed by atoms with Crippen molar-refractivity contribution >= 4 is 5.91 Å². The van der Waals surface area contributed by atoms with E-state index >= 15 is 0 Å². The van der Waals surface area contributed by atoms with Crippen molar-refractivity contribution in [3.8, 4) is 23.0 Å². The molecule has 1 fully saturated rings. The third-order valence-corrected chi connectivity index (χ3v) is 5.84. The standard InChI is InChI=1S/C24H25N3O4/c1-16-4-6-17(7-5-16)24-26-25-22(31-24)10-11-23(28)27-12-2-3-19(27)18-8-9-20-21(15-18)30-14-13-29-20/h4-9,15,19H,2-3,10-14H2,1H3. The largest absolute Gasteiger partial charge is 0.486 e. The first-order valence-corrected chi connectivity index (χ1v) is 10.8. The van der Waals surface area contributed by atoms with E-state index in [0.29, 0.717) is 37.8 Å². The highest BCUT2D eigenvalue weighted by Crippen LogP contribution is 2.38. The second-order valence-corrected chi connectivity index (χ2v) is 8.02. The number of likely N-dealkylation sites (tertiary alicyclic amines) is 1. The number of carbonyl (C=O) groups is 1. The highest BCUT2D eigenvalue weighted by atomic mass is 16.6. The molecule has 1 atom stereocenters. The number of rotatable bonds is 5. The number of ether oxygens (including phenoxy) is 2. The molecule has 3 aromatic rings. The van der Waals surface area contributed by atoms with Crippen LogP contribution in [0.2, 0.25) is 0 Å². The summed E-state index contributed by atoms with van der Waals surface area (Å²) in [7, 11) is 0. The van der Waals surface area contributed by atoms with Crippen molar-refractivity contribution in [3.63, 3.8) is 0 Å². The average Bonchev–Trinajstić information content (AvgIpc) is 3.48. The van der Waals surface area contributed by atoms with E-state index in [-0.39, 0.29) is 11.9 Å². The van der Waals surface area contributed by atoms with Crippen LogP contribution in [0.1, 0.15) is 42.3 Å². The van der Waals surface area contributed by atoms with Gasteiger partial charge in [0.2, 0.25) is 17.7 Å². The highest BCUT2D eigenvalue weighted by molar-refractivity contribution is 5.77. The summed E-state index contributed by atoms with van der Waals surface area (Å²) in [4.78, 5) is 14.9. The summed E-state index contributed by atoms with van der Waals surface area (Å²) in [5.74, 6) is 2.61. The van der Waals surface area contributed by atoms with Crippen molar-refractivity contribution in [2.45, 2.75) is 38.6 Å². The van der Waals surface area contributed by atoms with Crippen molar-refractivity contribution in [2.75, 3.05) is 19.8 Å². The van der Waals surface area contributed by atoms with Gasteiger partial charge < -0.3 is 18.8 Å². The van der Waals surface area contributed by atoms with Gasteiger partial charge in [0.15, 0.2) is 11.5 Å². The van der Waals surface area contributed by atoms with Crippen molar-refractivity contribution in [1.29, 1.82) is 0 Å². The Hall–Kier alpha value is -3.35. The number of hydrogen-bond donors (Lipinski definition) is 0. The lowest BCUT2D eigenvalue weighted by atomic mass is 10.0. The number of aromatic nitrogens is 2. The van der Waals surface area contributed by atoms with Gasteiger partial charge in [0.25, 0.3) is 0 Å². The molecule has 0 N–H and O–H groups in total. The molecule has 160 valence electrons. The molecule has 2 aliphatic rings. The molecule has 0 bridgehead atoms. The van der Waals surface area contributed by atoms with Gasteiger partial charge in [0, 0.05) is 24.9 Å². The van der Waals surface area contributed by atoms with Crippen LogP contribution in [0.5, 0.6) is 11.5 Å². The van der Waals surface area contributed by atoms with Gasteiger partial charge in [0.05, 0.1) is 6.04 Å². The number of carbonyl (C=O) groups excluding carboxylic acids is 1. The first-order chi connectivity index (χ1) is 15.2. The minimum atomic E-state index is 0.0640. The summed E-state index contributed by atoms with van der Waals surface area (Å²) in [6.07, 6.45) is 2.71. The van der Waals surface area contributed by atoms with E-state index in [1.54, 1.807) is 0 Å². The topological polar surface area (TPSA) is 77.7 Å². The minimum absolute atomic E-state index is 0.0640. The Bertz CT molecular complexity index is 1080. The van der Waals surface area contributed by atoms with Crippen molar-refractivity contribution in [3.05, 3.63) is 59.5 Å². The molecule has 0 saturated carbocycles. The molecule has 0 spiro atoms. The fourth-order valence-electron chi connectivity index (χ4n) is 4.20. The number of benzene rings is 2. The van der Waals surface area contributed by atoms with Gasteiger partial charge >= 0.3 is 0 Å². The third kappa shape index (κ3) is 4.13. The van der Waals surface area contributed by atoms with E-state index in [2.05, 4.69) is 10.2 Å². The van der Waals surface area contributed by atoms with Crippen LogP contribution in [-0.2, 0) is 11.2 Å². The number of aryl methyl sites for hydroxylation is 2. The first kappa shape index (κ1) is 19.6. The first-order valence-electron chi connectivity index (χ1n) is 10.8. The molecule has 5 rings (SSSR count). The zero-order valence-corrected chi connectivity index (χ0v) is 17.5. The van der Waals surface area contributed by atoms with E-state index in [1.165, 1.54) is 5.56 Å².